The molecule has 0 radical (unpaired) electrons. The fourth-order valence-electron chi connectivity index (χ4n) is 2.16. The summed E-state index contributed by atoms with van der Waals surface area (Å²) < 4.78 is 0.866. The maximum absolute atomic E-state index is 12.7. The van der Waals surface area contributed by atoms with Crippen molar-refractivity contribution in [2.75, 3.05) is 17.2 Å². The van der Waals surface area contributed by atoms with Gasteiger partial charge in [0.25, 0.3) is 5.91 Å². The van der Waals surface area contributed by atoms with E-state index < -0.39 is 0 Å². The minimum absolute atomic E-state index is 0.0770. The van der Waals surface area contributed by atoms with Crippen molar-refractivity contribution in [2.45, 2.75) is 13.8 Å². The van der Waals surface area contributed by atoms with E-state index in [0.29, 0.717) is 17.8 Å². The Kier molecular flexibility index (Phi) is 4.45. The Morgan fingerprint density at radius 2 is 1.95 bits per heavy atom. The molecule has 2 aromatic rings. The summed E-state index contributed by atoms with van der Waals surface area (Å²) in [7, 11) is 0. The molecule has 0 spiro atoms. The Balaban J connectivity index is 2.42. The van der Waals surface area contributed by atoms with Crippen molar-refractivity contribution >= 4 is 33.2 Å². The number of nitrogens with two attached hydrogens (primary N) is 1. The second kappa shape index (κ2) is 6.09. The Morgan fingerprint density at radius 1 is 1.25 bits per heavy atom. The van der Waals surface area contributed by atoms with Crippen LogP contribution in [-0.2, 0) is 0 Å². The molecule has 0 heterocycles. The van der Waals surface area contributed by atoms with Gasteiger partial charge in [0.2, 0.25) is 0 Å². The lowest BCUT2D eigenvalue weighted by atomic mass is 10.1. The van der Waals surface area contributed by atoms with Gasteiger partial charge in [-0.1, -0.05) is 34.1 Å². The summed E-state index contributed by atoms with van der Waals surface area (Å²) in [6.07, 6.45) is 0. The third-order valence-corrected chi connectivity index (χ3v) is 3.70. The van der Waals surface area contributed by atoms with E-state index in [4.69, 9.17) is 5.73 Å². The lowest BCUT2D eigenvalue weighted by Crippen LogP contribution is -2.31. The maximum Gasteiger partial charge on any atom is 0.260 e. The Morgan fingerprint density at radius 3 is 2.55 bits per heavy atom. The first kappa shape index (κ1) is 14.6. The van der Waals surface area contributed by atoms with Crippen molar-refractivity contribution in [2.24, 2.45) is 0 Å². The number of amides is 1. The highest BCUT2D eigenvalue weighted by atomic mass is 79.9. The quantitative estimate of drug-likeness (QED) is 0.863. The summed E-state index contributed by atoms with van der Waals surface area (Å²) in [5.41, 5.74) is 8.95. The number of carbonyl (C=O) groups excluding carboxylic acids is 1. The number of para-hydroxylation sites is 1. The molecular formula is C16H17BrN2O. The van der Waals surface area contributed by atoms with E-state index in [1.165, 1.54) is 0 Å². The molecule has 2 aromatic carbocycles. The molecule has 3 nitrogen and oxygen atoms in total. The molecule has 0 unspecified atom stereocenters. The number of hydrogen-bond donors (Lipinski definition) is 1. The first-order valence-electron chi connectivity index (χ1n) is 6.47. The molecular weight excluding hydrogens is 316 g/mol. The average Bonchev–Trinajstić information content (AvgIpc) is 2.41. The van der Waals surface area contributed by atoms with Gasteiger partial charge >= 0.3 is 0 Å². The molecule has 20 heavy (non-hydrogen) atoms. The molecule has 0 aliphatic carbocycles. The second-order valence-electron chi connectivity index (χ2n) is 4.57. The van der Waals surface area contributed by atoms with Crippen LogP contribution in [0.4, 0.5) is 11.4 Å². The smallest absolute Gasteiger partial charge is 0.260 e. The molecule has 0 fully saturated rings. The number of anilines is 2. The van der Waals surface area contributed by atoms with Crippen molar-refractivity contribution in [1.82, 2.24) is 0 Å². The molecule has 104 valence electrons. The number of aryl methyl sites for hydroxylation is 1. The van der Waals surface area contributed by atoms with Crippen molar-refractivity contribution < 1.29 is 4.79 Å². The van der Waals surface area contributed by atoms with Crippen LogP contribution in [0.1, 0.15) is 22.8 Å². The monoisotopic (exact) mass is 332 g/mol. The maximum atomic E-state index is 12.7. The number of halogens is 1. The molecule has 1 amide bonds. The van der Waals surface area contributed by atoms with Crippen LogP contribution in [0.3, 0.4) is 0 Å². The predicted molar refractivity (Wildman–Crippen MR) is 87.1 cm³/mol. The highest BCUT2D eigenvalue weighted by Crippen LogP contribution is 2.25. The summed E-state index contributed by atoms with van der Waals surface area (Å²) in [5.74, 6) is -0.0770. The fourth-order valence-corrected chi connectivity index (χ4v) is 2.54. The molecule has 2 rings (SSSR count). The second-order valence-corrected chi connectivity index (χ2v) is 5.48. The van der Waals surface area contributed by atoms with Crippen LogP contribution in [0, 0.1) is 6.92 Å². The van der Waals surface area contributed by atoms with E-state index in [-0.39, 0.29) is 5.91 Å². The molecule has 0 aromatic heterocycles. The van der Waals surface area contributed by atoms with E-state index >= 15 is 0 Å². The third-order valence-electron chi connectivity index (χ3n) is 3.21. The van der Waals surface area contributed by atoms with Gasteiger partial charge in [0.15, 0.2) is 0 Å². The first-order valence-corrected chi connectivity index (χ1v) is 7.26. The number of rotatable bonds is 3. The molecule has 0 atom stereocenters. The lowest BCUT2D eigenvalue weighted by molar-refractivity contribution is 0.0989. The Bertz CT molecular complexity index is 640. The van der Waals surface area contributed by atoms with Crippen LogP contribution in [-0.4, -0.2) is 12.5 Å². The van der Waals surface area contributed by atoms with Crippen molar-refractivity contribution in [3.8, 4) is 0 Å². The summed E-state index contributed by atoms with van der Waals surface area (Å²) in [6.45, 7) is 4.55. The van der Waals surface area contributed by atoms with Gasteiger partial charge in [-0.2, -0.15) is 0 Å². The number of hydrogen-bond acceptors (Lipinski definition) is 2. The summed E-state index contributed by atoms with van der Waals surface area (Å²) in [6, 6.07) is 13.2. The summed E-state index contributed by atoms with van der Waals surface area (Å²) in [4.78, 5) is 14.4. The average molecular weight is 333 g/mol. The number of nitrogens with zero attached hydrogens (tertiary/aromatic N) is 1. The van der Waals surface area contributed by atoms with Crippen LogP contribution >= 0.6 is 15.9 Å². The van der Waals surface area contributed by atoms with E-state index in [1.54, 1.807) is 17.0 Å². The van der Waals surface area contributed by atoms with Crippen LogP contribution in [0.25, 0.3) is 0 Å². The standard InChI is InChI=1S/C16H17BrN2O/c1-3-19(15-7-5-4-6-11(15)2)16(20)13-9-8-12(17)10-14(13)18/h4-10H,3,18H2,1-2H3. The van der Waals surface area contributed by atoms with E-state index in [9.17, 15) is 4.79 Å². The molecule has 2 N–H and O–H groups in total. The van der Waals surface area contributed by atoms with E-state index in [1.807, 2.05) is 44.2 Å². The lowest BCUT2D eigenvalue weighted by Gasteiger charge is -2.23. The van der Waals surface area contributed by atoms with Crippen LogP contribution in [0.2, 0.25) is 0 Å². The fraction of sp³-hybridized carbons (Fsp3) is 0.188. The molecule has 0 saturated heterocycles. The molecule has 4 heteroatoms. The van der Waals surface area contributed by atoms with Crippen LogP contribution in [0.15, 0.2) is 46.9 Å². The molecule has 0 saturated carbocycles. The molecule has 0 aliphatic rings. The largest absolute Gasteiger partial charge is 0.398 e. The zero-order valence-electron chi connectivity index (χ0n) is 11.6. The zero-order valence-corrected chi connectivity index (χ0v) is 13.1. The van der Waals surface area contributed by atoms with Gasteiger partial charge in [0, 0.05) is 22.4 Å². The minimum atomic E-state index is -0.0770. The number of benzene rings is 2. The molecule has 0 aliphatic heterocycles. The first-order chi connectivity index (χ1) is 9.54. The van der Waals surface area contributed by atoms with Crippen molar-refractivity contribution in [1.29, 1.82) is 0 Å². The summed E-state index contributed by atoms with van der Waals surface area (Å²) in [5, 5.41) is 0. The highest BCUT2D eigenvalue weighted by molar-refractivity contribution is 9.10. The van der Waals surface area contributed by atoms with Gasteiger partial charge in [0.1, 0.15) is 0 Å². The Hall–Kier alpha value is -1.81. The highest BCUT2D eigenvalue weighted by Gasteiger charge is 2.19. The van der Waals surface area contributed by atoms with Gasteiger partial charge in [-0.15, -0.1) is 0 Å². The topological polar surface area (TPSA) is 46.3 Å². The zero-order chi connectivity index (χ0) is 14.7. The third kappa shape index (κ3) is 2.85. The van der Waals surface area contributed by atoms with Gasteiger partial charge in [0.05, 0.1) is 5.56 Å². The summed E-state index contributed by atoms with van der Waals surface area (Å²) >= 11 is 3.35. The van der Waals surface area contributed by atoms with Crippen molar-refractivity contribution in [3.05, 3.63) is 58.1 Å². The van der Waals surface area contributed by atoms with Crippen LogP contribution < -0.4 is 10.6 Å². The molecule has 0 bridgehead atoms. The van der Waals surface area contributed by atoms with Gasteiger partial charge in [-0.3, -0.25) is 4.79 Å². The van der Waals surface area contributed by atoms with Crippen molar-refractivity contribution in [3.63, 3.8) is 0 Å². The van der Waals surface area contributed by atoms with E-state index in [0.717, 1.165) is 15.7 Å². The number of nitrogen functional groups attached to an aromatic ring is 1. The normalized spacial score (nSPS) is 10.3. The van der Waals surface area contributed by atoms with Gasteiger partial charge in [-0.05, 0) is 43.7 Å². The van der Waals surface area contributed by atoms with Gasteiger partial charge in [-0.25, -0.2) is 0 Å². The van der Waals surface area contributed by atoms with Crippen LogP contribution in [0.5, 0.6) is 0 Å². The predicted octanol–water partition coefficient (Wildman–Crippen LogP) is 4.01. The Labute approximate surface area is 127 Å². The SMILES string of the molecule is CCN(C(=O)c1ccc(Br)cc1N)c1ccccc1C. The number of carbonyl (C=O) groups is 1. The van der Waals surface area contributed by atoms with E-state index in [2.05, 4.69) is 15.9 Å². The minimum Gasteiger partial charge on any atom is -0.398 e. The van der Waals surface area contributed by atoms with Gasteiger partial charge < -0.3 is 10.6 Å².